The second-order valence-corrected chi connectivity index (χ2v) is 4.70. The Labute approximate surface area is 105 Å². The third-order valence-electron chi connectivity index (χ3n) is 3.02. The molecule has 0 aromatic heterocycles. The Kier molecular flexibility index (Phi) is 4.03. The van der Waals surface area contributed by atoms with E-state index in [1.807, 2.05) is 13.8 Å². The van der Waals surface area contributed by atoms with Gasteiger partial charge in [-0.1, -0.05) is 13.8 Å². The predicted molar refractivity (Wildman–Crippen MR) is 69.2 cm³/mol. The summed E-state index contributed by atoms with van der Waals surface area (Å²) in [6, 6.07) is 5.62. The van der Waals surface area contributed by atoms with Crippen LogP contribution in [0.1, 0.15) is 20.8 Å². The van der Waals surface area contributed by atoms with Gasteiger partial charge in [0.05, 0.1) is 10.5 Å². The number of nitrogens with two attached hydrogens (primary N) is 1. The molecule has 0 radical (unpaired) electrons. The molecule has 0 aliphatic carbocycles. The first kappa shape index (κ1) is 14.1. The van der Waals surface area contributed by atoms with Crippen LogP contribution in [-0.4, -0.2) is 16.4 Å². The molecule has 0 bridgehead atoms. The summed E-state index contributed by atoms with van der Waals surface area (Å²) in [5.41, 5.74) is 5.39. The van der Waals surface area contributed by atoms with Crippen molar-refractivity contribution in [3.8, 4) is 0 Å². The predicted octanol–water partition coefficient (Wildman–Crippen LogP) is 1.91. The molecule has 0 aliphatic rings. The van der Waals surface area contributed by atoms with Crippen LogP contribution in [0.3, 0.4) is 0 Å². The van der Waals surface area contributed by atoms with E-state index in [9.17, 15) is 14.9 Å². The van der Waals surface area contributed by atoms with E-state index in [2.05, 4.69) is 5.32 Å². The minimum absolute atomic E-state index is 0.0180. The van der Waals surface area contributed by atoms with Crippen molar-refractivity contribution in [3.63, 3.8) is 0 Å². The summed E-state index contributed by atoms with van der Waals surface area (Å²) >= 11 is 0. The van der Waals surface area contributed by atoms with Crippen molar-refractivity contribution in [3.05, 3.63) is 34.4 Å². The number of amides is 1. The second-order valence-electron chi connectivity index (χ2n) is 4.70. The minimum Gasteiger partial charge on any atom is -0.324 e. The Hall–Kier alpha value is -1.95. The molecule has 0 spiro atoms. The highest BCUT2D eigenvalue weighted by atomic mass is 16.6. The van der Waals surface area contributed by atoms with Gasteiger partial charge in [0.2, 0.25) is 5.91 Å². The number of carbonyl (C=O) groups is 1. The molecule has 1 atom stereocenters. The molecule has 98 valence electrons. The SMILES string of the molecule is CC(C)[C@@](C)(N)C(=O)Nc1ccc([N+](=O)[O-])cc1. The van der Waals surface area contributed by atoms with Crippen LogP contribution in [0.15, 0.2) is 24.3 Å². The molecule has 1 aromatic rings. The lowest BCUT2D eigenvalue weighted by Gasteiger charge is -2.27. The van der Waals surface area contributed by atoms with Crippen LogP contribution < -0.4 is 11.1 Å². The number of hydrogen-bond acceptors (Lipinski definition) is 4. The summed E-state index contributed by atoms with van der Waals surface area (Å²) in [5, 5.41) is 13.1. The normalized spacial score (nSPS) is 14.1. The lowest BCUT2D eigenvalue weighted by atomic mass is 9.89. The molecular formula is C12H17N3O3. The van der Waals surface area contributed by atoms with E-state index in [-0.39, 0.29) is 17.5 Å². The fourth-order valence-corrected chi connectivity index (χ4v) is 1.19. The van der Waals surface area contributed by atoms with Crippen LogP contribution >= 0.6 is 0 Å². The van der Waals surface area contributed by atoms with E-state index >= 15 is 0 Å². The molecule has 0 saturated carbocycles. The molecule has 0 unspecified atom stereocenters. The number of carbonyl (C=O) groups excluding carboxylic acids is 1. The number of hydrogen-bond donors (Lipinski definition) is 2. The number of nitrogens with one attached hydrogen (secondary N) is 1. The van der Waals surface area contributed by atoms with Gasteiger partial charge >= 0.3 is 0 Å². The summed E-state index contributed by atoms with van der Waals surface area (Å²) in [7, 11) is 0. The van der Waals surface area contributed by atoms with E-state index < -0.39 is 10.5 Å². The van der Waals surface area contributed by atoms with Crippen molar-refractivity contribution >= 4 is 17.3 Å². The fourth-order valence-electron chi connectivity index (χ4n) is 1.19. The van der Waals surface area contributed by atoms with Crippen molar-refractivity contribution in [1.29, 1.82) is 0 Å². The maximum absolute atomic E-state index is 11.9. The Morgan fingerprint density at radius 2 is 1.89 bits per heavy atom. The van der Waals surface area contributed by atoms with E-state index in [1.54, 1.807) is 6.92 Å². The Balaban J connectivity index is 2.80. The number of non-ortho nitro benzene ring substituents is 1. The van der Waals surface area contributed by atoms with Crippen molar-refractivity contribution in [2.75, 3.05) is 5.32 Å². The third-order valence-corrected chi connectivity index (χ3v) is 3.02. The van der Waals surface area contributed by atoms with E-state index in [1.165, 1.54) is 24.3 Å². The van der Waals surface area contributed by atoms with Crippen LogP contribution in [0, 0.1) is 16.0 Å². The van der Waals surface area contributed by atoms with Gasteiger partial charge in [0.25, 0.3) is 5.69 Å². The highest BCUT2D eigenvalue weighted by Crippen LogP contribution is 2.19. The van der Waals surface area contributed by atoms with Crippen molar-refractivity contribution in [1.82, 2.24) is 0 Å². The molecule has 18 heavy (non-hydrogen) atoms. The molecule has 1 rings (SSSR count). The maximum Gasteiger partial charge on any atom is 0.269 e. The van der Waals surface area contributed by atoms with Gasteiger partial charge < -0.3 is 11.1 Å². The zero-order chi connectivity index (χ0) is 13.9. The first-order valence-electron chi connectivity index (χ1n) is 5.60. The van der Waals surface area contributed by atoms with Crippen molar-refractivity contribution in [2.24, 2.45) is 11.7 Å². The van der Waals surface area contributed by atoms with Gasteiger partial charge in [0.1, 0.15) is 0 Å². The molecule has 0 fully saturated rings. The zero-order valence-electron chi connectivity index (χ0n) is 10.6. The smallest absolute Gasteiger partial charge is 0.269 e. The van der Waals surface area contributed by atoms with Crippen molar-refractivity contribution < 1.29 is 9.72 Å². The number of nitrogens with zero attached hydrogens (tertiary/aromatic N) is 1. The largest absolute Gasteiger partial charge is 0.324 e. The summed E-state index contributed by atoms with van der Waals surface area (Å²) in [5.74, 6) is -0.332. The van der Waals surface area contributed by atoms with Crippen LogP contribution in [0.4, 0.5) is 11.4 Å². The molecule has 3 N–H and O–H groups in total. The van der Waals surface area contributed by atoms with Crippen LogP contribution in [-0.2, 0) is 4.79 Å². The molecule has 1 aromatic carbocycles. The monoisotopic (exact) mass is 251 g/mol. The summed E-state index contributed by atoms with van der Waals surface area (Å²) in [6.45, 7) is 5.36. The lowest BCUT2D eigenvalue weighted by Crippen LogP contribution is -2.52. The first-order chi connectivity index (χ1) is 8.25. The standard InChI is InChI=1S/C12H17N3O3/c1-8(2)12(3,13)11(16)14-9-4-6-10(7-5-9)15(17)18/h4-8H,13H2,1-3H3,(H,14,16)/t12-/m1/s1. The van der Waals surface area contributed by atoms with Gasteiger partial charge in [0.15, 0.2) is 0 Å². The molecule has 1 amide bonds. The maximum atomic E-state index is 11.9. The van der Waals surface area contributed by atoms with Gasteiger partial charge in [-0.05, 0) is 25.0 Å². The average Bonchev–Trinajstić information content (AvgIpc) is 2.29. The molecule has 6 heteroatoms. The van der Waals surface area contributed by atoms with Gasteiger partial charge in [-0.3, -0.25) is 14.9 Å². The fraction of sp³-hybridized carbons (Fsp3) is 0.417. The van der Waals surface area contributed by atoms with Crippen molar-refractivity contribution in [2.45, 2.75) is 26.3 Å². The highest BCUT2D eigenvalue weighted by molar-refractivity contribution is 5.97. The number of rotatable bonds is 4. The summed E-state index contributed by atoms with van der Waals surface area (Å²) in [4.78, 5) is 21.9. The minimum atomic E-state index is -0.984. The topological polar surface area (TPSA) is 98.3 Å². The third kappa shape index (κ3) is 3.04. The van der Waals surface area contributed by atoms with E-state index in [0.29, 0.717) is 5.69 Å². The Morgan fingerprint density at radius 3 is 2.28 bits per heavy atom. The van der Waals surface area contributed by atoms with E-state index in [4.69, 9.17) is 5.73 Å². The Morgan fingerprint density at radius 1 is 1.39 bits per heavy atom. The Bertz CT molecular complexity index is 452. The number of nitro groups is 1. The molecular weight excluding hydrogens is 234 g/mol. The second kappa shape index (κ2) is 5.14. The van der Waals surface area contributed by atoms with Gasteiger partial charge in [-0.2, -0.15) is 0 Å². The van der Waals surface area contributed by atoms with Gasteiger partial charge in [-0.15, -0.1) is 0 Å². The van der Waals surface area contributed by atoms with Crippen LogP contribution in [0.25, 0.3) is 0 Å². The van der Waals surface area contributed by atoms with Gasteiger partial charge in [-0.25, -0.2) is 0 Å². The van der Waals surface area contributed by atoms with E-state index in [0.717, 1.165) is 0 Å². The van der Waals surface area contributed by atoms with Crippen LogP contribution in [0.5, 0.6) is 0 Å². The first-order valence-corrected chi connectivity index (χ1v) is 5.60. The molecule has 0 saturated heterocycles. The van der Waals surface area contributed by atoms with Gasteiger partial charge in [0, 0.05) is 17.8 Å². The number of nitro benzene ring substituents is 1. The molecule has 0 aliphatic heterocycles. The lowest BCUT2D eigenvalue weighted by molar-refractivity contribution is -0.384. The van der Waals surface area contributed by atoms with Crippen LogP contribution in [0.2, 0.25) is 0 Å². The number of benzene rings is 1. The average molecular weight is 251 g/mol. The summed E-state index contributed by atoms with van der Waals surface area (Å²) in [6.07, 6.45) is 0. The quantitative estimate of drug-likeness (QED) is 0.630. The zero-order valence-corrected chi connectivity index (χ0v) is 10.6. The molecule has 6 nitrogen and oxygen atoms in total. The molecule has 0 heterocycles. The highest BCUT2D eigenvalue weighted by Gasteiger charge is 2.31. The number of anilines is 1. The summed E-state index contributed by atoms with van der Waals surface area (Å²) < 4.78 is 0.